The van der Waals surface area contributed by atoms with Gasteiger partial charge in [-0.15, -0.1) is 0 Å². The van der Waals surface area contributed by atoms with E-state index in [9.17, 15) is 4.79 Å². The minimum atomic E-state index is -0.0679. The van der Waals surface area contributed by atoms with Gasteiger partial charge in [-0.3, -0.25) is 4.79 Å². The summed E-state index contributed by atoms with van der Waals surface area (Å²) in [6.07, 6.45) is 0. The van der Waals surface area contributed by atoms with E-state index in [1.165, 1.54) is 0 Å². The topological polar surface area (TPSA) is 40.5 Å². The summed E-state index contributed by atoms with van der Waals surface area (Å²) in [6.45, 7) is 0. The third-order valence-electron chi connectivity index (χ3n) is 3.82. The van der Waals surface area contributed by atoms with Crippen LogP contribution in [0.2, 0.25) is 0 Å². The van der Waals surface area contributed by atoms with E-state index in [0.29, 0.717) is 11.5 Å². The number of pyridine rings is 1. The molecule has 0 spiro atoms. The average Bonchev–Trinajstić information content (AvgIpc) is 2.57. The van der Waals surface area contributed by atoms with Crippen molar-refractivity contribution in [1.82, 2.24) is 4.57 Å². The largest absolute Gasteiger partial charge is 0.497 e. The molecule has 0 saturated carbocycles. The number of hydrogen-bond donors (Lipinski definition) is 0. The number of aryl methyl sites for hydroxylation is 1. The highest BCUT2D eigenvalue weighted by Gasteiger charge is 2.14. The maximum absolute atomic E-state index is 12.3. The van der Waals surface area contributed by atoms with Crippen LogP contribution in [0.15, 0.2) is 53.3 Å². The minimum absolute atomic E-state index is 0.0679. The zero-order valence-corrected chi connectivity index (χ0v) is 12.8. The van der Waals surface area contributed by atoms with Crippen molar-refractivity contribution in [3.63, 3.8) is 0 Å². The van der Waals surface area contributed by atoms with Gasteiger partial charge in [0.1, 0.15) is 11.5 Å². The second-order valence-electron chi connectivity index (χ2n) is 5.05. The van der Waals surface area contributed by atoms with E-state index < -0.39 is 0 Å². The molecule has 22 heavy (non-hydrogen) atoms. The minimum Gasteiger partial charge on any atom is -0.497 e. The Kier molecular flexibility index (Phi) is 3.59. The third-order valence-corrected chi connectivity index (χ3v) is 3.82. The van der Waals surface area contributed by atoms with Crippen LogP contribution in [0.25, 0.3) is 22.0 Å². The van der Waals surface area contributed by atoms with Crippen LogP contribution in [-0.4, -0.2) is 18.8 Å². The summed E-state index contributed by atoms with van der Waals surface area (Å²) in [7, 11) is 4.96. The maximum atomic E-state index is 12.3. The monoisotopic (exact) mass is 295 g/mol. The van der Waals surface area contributed by atoms with Crippen LogP contribution in [-0.2, 0) is 7.05 Å². The van der Waals surface area contributed by atoms with Crippen LogP contribution in [0, 0.1) is 0 Å². The highest BCUT2D eigenvalue weighted by atomic mass is 16.5. The Morgan fingerprint density at radius 3 is 2.32 bits per heavy atom. The Hall–Kier alpha value is -2.75. The molecule has 0 amide bonds. The third kappa shape index (κ3) is 2.22. The summed E-state index contributed by atoms with van der Waals surface area (Å²) in [5.74, 6) is 1.34. The standard InChI is InChI=1S/C18H17NO3/c1-19-15-9-13(21-2)10-16(22-3)18(15)14(11-17(19)20)12-7-5-4-6-8-12/h4-11H,1-3H3. The molecule has 0 aliphatic carbocycles. The SMILES string of the molecule is COc1cc(OC)c2c(-c3ccccc3)cc(=O)n(C)c2c1. The van der Waals surface area contributed by atoms with E-state index in [4.69, 9.17) is 9.47 Å². The van der Waals surface area contributed by atoms with Crippen molar-refractivity contribution in [2.24, 2.45) is 7.05 Å². The van der Waals surface area contributed by atoms with Gasteiger partial charge in [-0.2, -0.15) is 0 Å². The molecule has 0 fully saturated rings. The number of nitrogens with zero attached hydrogens (tertiary/aromatic N) is 1. The smallest absolute Gasteiger partial charge is 0.251 e. The Balaban J connectivity index is 2.48. The summed E-state index contributed by atoms with van der Waals surface area (Å²) >= 11 is 0. The summed E-state index contributed by atoms with van der Waals surface area (Å²) < 4.78 is 12.4. The van der Waals surface area contributed by atoms with Gasteiger partial charge >= 0.3 is 0 Å². The first-order valence-electron chi connectivity index (χ1n) is 6.97. The molecule has 112 valence electrons. The number of ether oxygens (including phenoxy) is 2. The van der Waals surface area contributed by atoms with Gasteiger partial charge in [0.2, 0.25) is 0 Å². The van der Waals surface area contributed by atoms with Crippen LogP contribution in [0.4, 0.5) is 0 Å². The fourth-order valence-electron chi connectivity index (χ4n) is 2.65. The van der Waals surface area contributed by atoms with Crippen LogP contribution >= 0.6 is 0 Å². The summed E-state index contributed by atoms with van der Waals surface area (Å²) in [6, 6.07) is 15.2. The molecule has 1 heterocycles. The van der Waals surface area contributed by atoms with Gasteiger partial charge in [-0.1, -0.05) is 30.3 Å². The molecule has 0 atom stereocenters. The number of rotatable bonds is 3. The molecule has 2 aromatic carbocycles. The predicted octanol–water partition coefficient (Wildman–Crippen LogP) is 3.22. The van der Waals surface area contributed by atoms with Crippen LogP contribution in [0.3, 0.4) is 0 Å². The number of methoxy groups -OCH3 is 2. The first-order valence-corrected chi connectivity index (χ1v) is 6.97. The summed E-state index contributed by atoms with van der Waals surface area (Å²) in [5, 5.41) is 0.900. The molecule has 0 radical (unpaired) electrons. The zero-order chi connectivity index (χ0) is 15.7. The van der Waals surface area contributed by atoms with Gasteiger partial charge in [0.05, 0.1) is 19.7 Å². The van der Waals surface area contributed by atoms with Crippen LogP contribution in [0.5, 0.6) is 11.5 Å². The van der Waals surface area contributed by atoms with E-state index >= 15 is 0 Å². The number of hydrogen-bond acceptors (Lipinski definition) is 3. The maximum Gasteiger partial charge on any atom is 0.251 e. The van der Waals surface area contributed by atoms with E-state index in [1.54, 1.807) is 31.9 Å². The molecule has 0 aliphatic rings. The molecular weight excluding hydrogens is 278 g/mol. The van der Waals surface area contributed by atoms with Crippen molar-refractivity contribution in [3.8, 4) is 22.6 Å². The van der Waals surface area contributed by atoms with E-state index in [-0.39, 0.29) is 5.56 Å². The van der Waals surface area contributed by atoms with Crippen molar-refractivity contribution in [2.75, 3.05) is 14.2 Å². The highest BCUT2D eigenvalue weighted by Crippen LogP contribution is 2.36. The lowest BCUT2D eigenvalue weighted by molar-refractivity contribution is 0.397. The van der Waals surface area contributed by atoms with Crippen molar-refractivity contribution < 1.29 is 9.47 Å². The van der Waals surface area contributed by atoms with E-state index in [2.05, 4.69) is 0 Å². The normalized spacial score (nSPS) is 10.7. The predicted molar refractivity (Wildman–Crippen MR) is 87.7 cm³/mol. The molecule has 3 rings (SSSR count). The molecule has 0 saturated heterocycles. The fourth-order valence-corrected chi connectivity index (χ4v) is 2.65. The molecule has 3 aromatic rings. The molecule has 4 heteroatoms. The lowest BCUT2D eigenvalue weighted by Gasteiger charge is -2.15. The van der Waals surface area contributed by atoms with E-state index in [0.717, 1.165) is 22.0 Å². The van der Waals surface area contributed by atoms with Gasteiger partial charge in [0.25, 0.3) is 5.56 Å². The van der Waals surface area contributed by atoms with Gasteiger partial charge in [-0.25, -0.2) is 0 Å². The second-order valence-corrected chi connectivity index (χ2v) is 5.05. The quantitative estimate of drug-likeness (QED) is 0.745. The fraction of sp³-hybridized carbons (Fsp3) is 0.167. The molecule has 1 aromatic heterocycles. The molecule has 0 unspecified atom stereocenters. The van der Waals surface area contributed by atoms with Gasteiger partial charge < -0.3 is 14.0 Å². The lowest BCUT2D eigenvalue weighted by atomic mass is 10.00. The Bertz CT molecular complexity index is 882. The van der Waals surface area contributed by atoms with E-state index in [1.807, 2.05) is 42.5 Å². The first-order chi connectivity index (χ1) is 10.7. The van der Waals surface area contributed by atoms with Crippen molar-refractivity contribution >= 4 is 10.9 Å². The summed E-state index contributed by atoms with van der Waals surface area (Å²) in [4.78, 5) is 12.3. The van der Waals surface area contributed by atoms with Crippen molar-refractivity contribution in [3.05, 3.63) is 58.9 Å². The second kappa shape index (κ2) is 5.56. The molecule has 0 aliphatic heterocycles. The summed E-state index contributed by atoms with van der Waals surface area (Å²) in [5.41, 5.74) is 2.55. The van der Waals surface area contributed by atoms with Gasteiger partial charge in [0, 0.05) is 36.2 Å². The van der Waals surface area contributed by atoms with Crippen LogP contribution in [0.1, 0.15) is 0 Å². The molecular formula is C18H17NO3. The van der Waals surface area contributed by atoms with Crippen molar-refractivity contribution in [2.45, 2.75) is 0 Å². The Labute approximate surface area is 128 Å². The Morgan fingerprint density at radius 2 is 1.68 bits per heavy atom. The molecule has 0 N–H and O–H groups in total. The number of benzene rings is 2. The zero-order valence-electron chi connectivity index (χ0n) is 12.8. The lowest BCUT2D eigenvalue weighted by Crippen LogP contribution is -2.16. The first kappa shape index (κ1) is 14.2. The van der Waals surface area contributed by atoms with Crippen molar-refractivity contribution in [1.29, 1.82) is 0 Å². The number of aromatic nitrogens is 1. The Morgan fingerprint density at radius 1 is 0.955 bits per heavy atom. The van der Waals surface area contributed by atoms with Gasteiger partial charge in [-0.05, 0) is 5.56 Å². The van der Waals surface area contributed by atoms with Crippen LogP contribution < -0.4 is 15.0 Å². The molecule has 4 nitrogen and oxygen atoms in total. The molecule has 0 bridgehead atoms. The van der Waals surface area contributed by atoms with Gasteiger partial charge in [0.15, 0.2) is 0 Å². The average molecular weight is 295 g/mol. The highest BCUT2D eigenvalue weighted by molar-refractivity contribution is 6.00. The number of fused-ring (bicyclic) bond motifs is 1.